The van der Waals surface area contributed by atoms with Gasteiger partial charge in [-0.25, -0.2) is 9.48 Å². The predicted octanol–water partition coefficient (Wildman–Crippen LogP) is 2.02. The van der Waals surface area contributed by atoms with E-state index in [4.69, 9.17) is 0 Å². The Morgan fingerprint density at radius 2 is 1.66 bits per heavy atom. The number of benzene rings is 2. The van der Waals surface area contributed by atoms with Crippen LogP contribution in [0.25, 0.3) is 10.8 Å². The molecule has 0 fully saturated rings. The Morgan fingerprint density at radius 1 is 0.969 bits per heavy atom. The van der Waals surface area contributed by atoms with Crippen molar-refractivity contribution < 1.29 is 14.4 Å². The summed E-state index contributed by atoms with van der Waals surface area (Å²) in [7, 11) is 0. The smallest absolute Gasteiger partial charge is 0.319 e. The molecule has 2 aromatic carbocycles. The van der Waals surface area contributed by atoms with Crippen molar-refractivity contribution in [3.8, 4) is 0 Å². The molecular weight excluding hydrogens is 412 g/mol. The van der Waals surface area contributed by atoms with Crippen LogP contribution in [0, 0.1) is 0 Å². The van der Waals surface area contributed by atoms with Crippen LogP contribution in [-0.2, 0) is 6.54 Å². The van der Waals surface area contributed by atoms with Crippen molar-refractivity contribution in [3.63, 3.8) is 0 Å². The van der Waals surface area contributed by atoms with Gasteiger partial charge in [0.25, 0.3) is 17.4 Å². The molecule has 166 valence electrons. The van der Waals surface area contributed by atoms with Crippen LogP contribution in [0.4, 0.5) is 10.5 Å². The molecule has 4 amide bonds. The van der Waals surface area contributed by atoms with E-state index < -0.39 is 17.8 Å². The Hall–Kier alpha value is -4.21. The summed E-state index contributed by atoms with van der Waals surface area (Å²) < 4.78 is 1.19. The second kappa shape index (κ2) is 9.73. The number of amides is 4. The van der Waals surface area contributed by atoms with Crippen molar-refractivity contribution in [3.05, 3.63) is 70.1 Å². The first-order valence-corrected chi connectivity index (χ1v) is 10.1. The van der Waals surface area contributed by atoms with E-state index in [9.17, 15) is 19.2 Å². The molecule has 4 N–H and O–H groups in total. The molecule has 0 atom stereocenters. The van der Waals surface area contributed by atoms with Crippen molar-refractivity contribution in [1.29, 1.82) is 0 Å². The molecule has 0 bridgehead atoms. The molecule has 0 saturated heterocycles. The molecule has 0 unspecified atom stereocenters. The van der Waals surface area contributed by atoms with E-state index in [1.165, 1.54) is 16.8 Å². The summed E-state index contributed by atoms with van der Waals surface area (Å²) in [5.41, 5.74) is 5.03. The van der Waals surface area contributed by atoms with Crippen LogP contribution in [0.2, 0.25) is 0 Å². The number of hydrogen-bond donors (Lipinski definition) is 4. The number of aromatic nitrogens is 2. The van der Waals surface area contributed by atoms with Crippen LogP contribution in [0.1, 0.15) is 41.6 Å². The summed E-state index contributed by atoms with van der Waals surface area (Å²) >= 11 is 0. The molecule has 0 saturated carbocycles. The van der Waals surface area contributed by atoms with Crippen LogP contribution in [0.15, 0.2) is 53.3 Å². The minimum atomic E-state index is -0.664. The fourth-order valence-electron chi connectivity index (χ4n) is 3.03. The molecular formula is C22H24N6O4. The monoisotopic (exact) mass is 436 g/mol. The third kappa shape index (κ3) is 5.09. The van der Waals surface area contributed by atoms with Gasteiger partial charge >= 0.3 is 6.03 Å². The maximum Gasteiger partial charge on any atom is 0.319 e. The molecule has 0 aliphatic carbocycles. The third-order valence-electron chi connectivity index (χ3n) is 4.47. The summed E-state index contributed by atoms with van der Waals surface area (Å²) in [6.07, 6.45) is 0. The van der Waals surface area contributed by atoms with Gasteiger partial charge < -0.3 is 10.6 Å². The summed E-state index contributed by atoms with van der Waals surface area (Å²) in [6.45, 7) is 5.70. The molecule has 10 heteroatoms. The topological polar surface area (TPSA) is 134 Å². The van der Waals surface area contributed by atoms with Gasteiger partial charge in [-0.2, -0.15) is 5.10 Å². The number of fused-ring (bicyclic) bond motifs is 1. The highest BCUT2D eigenvalue weighted by atomic mass is 16.2. The second-order valence-electron chi connectivity index (χ2n) is 7.26. The lowest BCUT2D eigenvalue weighted by Gasteiger charge is -2.12. The number of nitrogens with one attached hydrogen (secondary N) is 4. The maximum atomic E-state index is 12.7. The summed E-state index contributed by atoms with van der Waals surface area (Å²) in [4.78, 5) is 49.5. The fourth-order valence-corrected chi connectivity index (χ4v) is 3.03. The van der Waals surface area contributed by atoms with Crippen LogP contribution in [-0.4, -0.2) is 33.7 Å². The molecule has 3 aromatic rings. The van der Waals surface area contributed by atoms with Crippen LogP contribution < -0.4 is 27.0 Å². The van der Waals surface area contributed by atoms with Gasteiger partial charge in [0.1, 0.15) is 0 Å². The summed E-state index contributed by atoms with van der Waals surface area (Å²) in [5, 5.41) is 10.2. The van der Waals surface area contributed by atoms with Gasteiger partial charge in [0.15, 0.2) is 5.69 Å². The molecule has 0 radical (unpaired) electrons. The number of carbonyl (C=O) groups excluding carboxylic acids is 3. The fraction of sp³-hybridized carbons (Fsp3) is 0.227. The predicted molar refractivity (Wildman–Crippen MR) is 120 cm³/mol. The highest BCUT2D eigenvalue weighted by Crippen LogP contribution is 2.13. The zero-order chi connectivity index (χ0) is 23.3. The molecule has 0 spiro atoms. The summed E-state index contributed by atoms with van der Waals surface area (Å²) in [5.74, 6) is -1.25. The zero-order valence-corrected chi connectivity index (χ0v) is 17.9. The number of hydrazine groups is 1. The quantitative estimate of drug-likeness (QED) is 0.454. The number of nitrogens with zero attached hydrogens (tertiary/aromatic N) is 2. The van der Waals surface area contributed by atoms with E-state index in [0.29, 0.717) is 23.0 Å². The van der Waals surface area contributed by atoms with Gasteiger partial charge in [0.2, 0.25) is 0 Å². The van der Waals surface area contributed by atoms with Gasteiger partial charge in [-0.3, -0.25) is 25.2 Å². The van der Waals surface area contributed by atoms with Crippen LogP contribution in [0.5, 0.6) is 0 Å². The number of aryl methyl sites for hydroxylation is 1. The average molecular weight is 436 g/mol. The maximum absolute atomic E-state index is 12.7. The van der Waals surface area contributed by atoms with E-state index in [-0.39, 0.29) is 22.9 Å². The first-order chi connectivity index (χ1) is 15.3. The summed E-state index contributed by atoms with van der Waals surface area (Å²) in [6, 6.07) is 12.5. The van der Waals surface area contributed by atoms with E-state index in [1.807, 2.05) is 13.8 Å². The Labute approximate surface area is 184 Å². The Kier molecular flexibility index (Phi) is 6.83. The third-order valence-corrected chi connectivity index (χ3v) is 4.47. The second-order valence-corrected chi connectivity index (χ2v) is 7.26. The number of carbonyl (C=O) groups is 3. The Bertz CT molecular complexity index is 1230. The van der Waals surface area contributed by atoms with E-state index in [1.54, 1.807) is 43.3 Å². The highest BCUT2D eigenvalue weighted by molar-refractivity contribution is 6.06. The van der Waals surface area contributed by atoms with Gasteiger partial charge in [-0.05, 0) is 45.0 Å². The van der Waals surface area contributed by atoms with Gasteiger partial charge in [-0.15, -0.1) is 0 Å². The van der Waals surface area contributed by atoms with Crippen molar-refractivity contribution >= 4 is 34.3 Å². The van der Waals surface area contributed by atoms with E-state index >= 15 is 0 Å². The Morgan fingerprint density at radius 3 is 2.34 bits per heavy atom. The van der Waals surface area contributed by atoms with Crippen LogP contribution >= 0.6 is 0 Å². The number of urea groups is 1. The largest absolute Gasteiger partial charge is 0.336 e. The number of rotatable bonds is 5. The number of hydrogen-bond acceptors (Lipinski definition) is 5. The molecule has 0 aliphatic rings. The minimum Gasteiger partial charge on any atom is -0.336 e. The lowest BCUT2D eigenvalue weighted by molar-refractivity contribution is 0.0843. The highest BCUT2D eigenvalue weighted by Gasteiger charge is 2.17. The van der Waals surface area contributed by atoms with Gasteiger partial charge in [-0.1, -0.05) is 24.3 Å². The molecule has 1 aromatic heterocycles. The van der Waals surface area contributed by atoms with E-state index in [0.717, 1.165) is 0 Å². The van der Waals surface area contributed by atoms with Crippen molar-refractivity contribution in [1.82, 2.24) is 25.9 Å². The zero-order valence-electron chi connectivity index (χ0n) is 17.9. The molecule has 3 rings (SSSR count). The lowest BCUT2D eigenvalue weighted by atomic mass is 10.1. The first kappa shape index (κ1) is 22.5. The molecule has 1 heterocycles. The normalized spacial score (nSPS) is 10.6. The Balaban J connectivity index is 1.74. The van der Waals surface area contributed by atoms with Crippen molar-refractivity contribution in [2.75, 3.05) is 5.32 Å². The number of anilines is 1. The molecule has 0 aliphatic heterocycles. The molecule has 10 nitrogen and oxygen atoms in total. The first-order valence-electron chi connectivity index (χ1n) is 10.1. The minimum absolute atomic E-state index is 0.0168. The van der Waals surface area contributed by atoms with Gasteiger partial charge in [0, 0.05) is 29.2 Å². The SMILES string of the molecule is CCn1nc(C(=O)NNC(=O)c2cccc(NC(=O)NC(C)C)c2)c2ccccc2c1=O. The van der Waals surface area contributed by atoms with Crippen molar-refractivity contribution in [2.45, 2.75) is 33.4 Å². The molecule has 32 heavy (non-hydrogen) atoms. The average Bonchev–Trinajstić information content (AvgIpc) is 2.77. The standard InChI is InChI=1S/C22H24N6O4/c1-4-28-21(31)17-11-6-5-10-16(17)18(27-28)20(30)26-25-19(29)14-8-7-9-15(12-14)24-22(32)23-13(2)3/h5-13H,4H2,1-3H3,(H,25,29)(H,26,30)(H2,23,24,32). The van der Waals surface area contributed by atoms with Crippen LogP contribution in [0.3, 0.4) is 0 Å². The van der Waals surface area contributed by atoms with Gasteiger partial charge in [0.05, 0.1) is 5.39 Å². The van der Waals surface area contributed by atoms with E-state index in [2.05, 4.69) is 26.6 Å². The van der Waals surface area contributed by atoms with Crippen molar-refractivity contribution in [2.24, 2.45) is 0 Å². The lowest BCUT2D eigenvalue weighted by Crippen LogP contribution is -2.42.